The monoisotopic (exact) mass is 476 g/mol. The van der Waals surface area contributed by atoms with Gasteiger partial charge in [0.25, 0.3) is 0 Å². The number of aromatic nitrogens is 3. The van der Waals surface area contributed by atoms with Crippen molar-refractivity contribution in [3.8, 4) is 0 Å². The molecule has 1 aliphatic heterocycles. The lowest BCUT2D eigenvalue weighted by atomic mass is 9.88. The van der Waals surface area contributed by atoms with Gasteiger partial charge in [-0.1, -0.05) is 25.6 Å². The van der Waals surface area contributed by atoms with Crippen molar-refractivity contribution in [2.45, 2.75) is 57.9 Å². The fourth-order valence-corrected chi connectivity index (χ4v) is 5.59. The van der Waals surface area contributed by atoms with Crippen molar-refractivity contribution < 1.29 is 14.6 Å². The Labute approximate surface area is 197 Å². The highest BCUT2D eigenvalue weighted by Crippen LogP contribution is 2.43. The van der Waals surface area contributed by atoms with Crippen LogP contribution >= 0.6 is 23.1 Å². The Hall–Kier alpha value is -1.52. The van der Waals surface area contributed by atoms with Gasteiger partial charge >= 0.3 is 0 Å². The number of fused-ring (bicyclic) bond motifs is 5. The lowest BCUT2D eigenvalue weighted by molar-refractivity contribution is -0.0402. The molecule has 32 heavy (non-hydrogen) atoms. The molecule has 4 heterocycles. The van der Waals surface area contributed by atoms with Gasteiger partial charge in [-0.15, -0.1) is 11.3 Å². The van der Waals surface area contributed by atoms with E-state index in [9.17, 15) is 0 Å². The number of nitrogens with zero attached hydrogens (tertiary/aromatic N) is 3. The van der Waals surface area contributed by atoms with Crippen LogP contribution in [0.5, 0.6) is 0 Å². The quantitative estimate of drug-likeness (QED) is 0.266. The molecule has 4 rings (SSSR count). The fourth-order valence-electron chi connectivity index (χ4n) is 4.10. The van der Waals surface area contributed by atoms with Gasteiger partial charge in [-0.2, -0.15) is 0 Å². The second kappa shape index (κ2) is 9.77. The summed E-state index contributed by atoms with van der Waals surface area (Å²) in [6.07, 6.45) is 3.77. The molecule has 0 saturated heterocycles. The van der Waals surface area contributed by atoms with Crippen LogP contribution in [0.25, 0.3) is 20.4 Å². The molecule has 0 amide bonds. The van der Waals surface area contributed by atoms with Crippen LogP contribution in [-0.2, 0) is 28.9 Å². The average molecular weight is 477 g/mol. The highest BCUT2D eigenvalue weighted by molar-refractivity contribution is 7.98. The SMILES string of the molecule is CSc1nc(NCCOCCO)c2sc3nc(CC(C)C)c4c(c3c2n1)CC(C)(C)OC4. The number of aliphatic hydroxyl groups excluding tert-OH is 1. The molecule has 174 valence electrons. The molecule has 9 heteroatoms. The summed E-state index contributed by atoms with van der Waals surface area (Å²) in [6, 6.07) is 0. The zero-order valence-corrected chi connectivity index (χ0v) is 21.1. The van der Waals surface area contributed by atoms with E-state index >= 15 is 0 Å². The van der Waals surface area contributed by atoms with Gasteiger partial charge in [-0.05, 0) is 38.0 Å². The number of pyridine rings is 1. The summed E-state index contributed by atoms with van der Waals surface area (Å²) in [7, 11) is 0. The lowest BCUT2D eigenvalue weighted by Gasteiger charge is -2.33. The van der Waals surface area contributed by atoms with Crippen molar-refractivity contribution in [3.05, 3.63) is 16.8 Å². The summed E-state index contributed by atoms with van der Waals surface area (Å²) in [4.78, 5) is 15.8. The van der Waals surface area contributed by atoms with E-state index in [0.717, 1.165) is 49.9 Å². The zero-order valence-electron chi connectivity index (χ0n) is 19.4. The van der Waals surface area contributed by atoms with Crippen molar-refractivity contribution in [2.75, 3.05) is 37.9 Å². The molecule has 0 saturated carbocycles. The van der Waals surface area contributed by atoms with Crippen molar-refractivity contribution >= 4 is 49.3 Å². The van der Waals surface area contributed by atoms with Gasteiger partial charge in [0.05, 0.1) is 42.2 Å². The van der Waals surface area contributed by atoms with E-state index in [4.69, 9.17) is 29.5 Å². The molecule has 0 atom stereocenters. The zero-order chi connectivity index (χ0) is 22.9. The Bertz CT molecular complexity index is 1110. The summed E-state index contributed by atoms with van der Waals surface area (Å²) < 4.78 is 12.6. The molecule has 0 spiro atoms. The van der Waals surface area contributed by atoms with E-state index < -0.39 is 0 Å². The van der Waals surface area contributed by atoms with Gasteiger partial charge in [0, 0.05) is 29.6 Å². The third-order valence-corrected chi connectivity index (χ3v) is 7.14. The standard InChI is InChI=1S/C23H32N4O3S2/c1-13(2)10-16-15-12-30-23(3,4)11-14(15)17-18-19(32-21(17)25-16)20(27-22(26-18)31-5)24-6-8-29-9-7-28/h13,28H,6-12H2,1-5H3,(H,24,26,27). The van der Waals surface area contributed by atoms with E-state index in [1.54, 1.807) is 11.3 Å². The minimum atomic E-state index is -0.217. The number of hydrogen-bond donors (Lipinski definition) is 2. The maximum absolute atomic E-state index is 8.90. The molecule has 0 fully saturated rings. The lowest BCUT2D eigenvalue weighted by Crippen LogP contribution is -2.33. The summed E-state index contributed by atoms with van der Waals surface area (Å²) in [5.41, 5.74) is 4.47. The highest BCUT2D eigenvalue weighted by Gasteiger charge is 2.32. The van der Waals surface area contributed by atoms with Crippen molar-refractivity contribution in [1.82, 2.24) is 15.0 Å². The van der Waals surface area contributed by atoms with Crippen LogP contribution in [-0.4, -0.2) is 58.3 Å². The minimum Gasteiger partial charge on any atom is -0.394 e. The maximum Gasteiger partial charge on any atom is 0.189 e. The molecule has 1 aliphatic rings. The van der Waals surface area contributed by atoms with E-state index in [1.807, 2.05) is 6.26 Å². The van der Waals surface area contributed by atoms with Crippen molar-refractivity contribution in [3.63, 3.8) is 0 Å². The van der Waals surface area contributed by atoms with Crippen LogP contribution in [0.1, 0.15) is 44.5 Å². The summed E-state index contributed by atoms with van der Waals surface area (Å²) >= 11 is 3.20. The molecule has 3 aromatic rings. The van der Waals surface area contributed by atoms with Crippen molar-refractivity contribution in [1.29, 1.82) is 0 Å². The molecule has 0 aromatic carbocycles. The summed E-state index contributed by atoms with van der Waals surface area (Å²) in [5.74, 6) is 1.34. The van der Waals surface area contributed by atoms with E-state index in [2.05, 4.69) is 33.0 Å². The number of nitrogens with one attached hydrogen (secondary N) is 1. The van der Waals surface area contributed by atoms with Crippen LogP contribution in [0.3, 0.4) is 0 Å². The van der Waals surface area contributed by atoms with Crippen LogP contribution in [0, 0.1) is 5.92 Å². The van der Waals surface area contributed by atoms with Gasteiger partial charge in [-0.25, -0.2) is 15.0 Å². The first kappa shape index (κ1) is 23.6. The molecular weight excluding hydrogens is 444 g/mol. The number of aliphatic hydroxyl groups is 1. The second-order valence-electron chi connectivity index (χ2n) is 9.12. The number of thioether (sulfide) groups is 1. The molecule has 0 unspecified atom stereocenters. The third kappa shape index (κ3) is 4.87. The highest BCUT2D eigenvalue weighted by atomic mass is 32.2. The van der Waals surface area contributed by atoms with E-state index in [1.165, 1.54) is 22.9 Å². The molecule has 0 aliphatic carbocycles. The summed E-state index contributed by atoms with van der Waals surface area (Å²) in [6.45, 7) is 10.8. The van der Waals surface area contributed by atoms with Gasteiger partial charge in [0.1, 0.15) is 10.6 Å². The van der Waals surface area contributed by atoms with Crippen LogP contribution < -0.4 is 5.32 Å². The first-order chi connectivity index (χ1) is 15.3. The maximum atomic E-state index is 8.90. The average Bonchev–Trinajstić information content (AvgIpc) is 3.10. The third-order valence-electron chi connectivity index (χ3n) is 5.51. The number of ether oxygens (including phenoxy) is 2. The molecule has 2 N–H and O–H groups in total. The number of hydrogen-bond acceptors (Lipinski definition) is 9. The number of rotatable bonds is 9. The molecule has 0 radical (unpaired) electrons. The minimum absolute atomic E-state index is 0.0280. The van der Waals surface area contributed by atoms with Crippen molar-refractivity contribution in [2.24, 2.45) is 5.92 Å². The van der Waals surface area contributed by atoms with Crippen LogP contribution in [0.4, 0.5) is 5.82 Å². The second-order valence-corrected chi connectivity index (χ2v) is 10.9. The first-order valence-electron chi connectivity index (χ1n) is 11.1. The molecule has 3 aromatic heterocycles. The smallest absolute Gasteiger partial charge is 0.189 e. The van der Waals surface area contributed by atoms with E-state index in [0.29, 0.717) is 32.3 Å². The molecule has 7 nitrogen and oxygen atoms in total. The summed E-state index contributed by atoms with van der Waals surface area (Å²) in [5, 5.41) is 14.2. The predicted octanol–water partition coefficient (Wildman–Crippen LogP) is 4.43. The Kier molecular flexibility index (Phi) is 7.21. The number of anilines is 1. The van der Waals surface area contributed by atoms with Gasteiger partial charge in [0.15, 0.2) is 5.16 Å². The topological polar surface area (TPSA) is 89.4 Å². The predicted molar refractivity (Wildman–Crippen MR) is 132 cm³/mol. The first-order valence-corrected chi connectivity index (χ1v) is 13.1. The Balaban J connectivity index is 1.86. The van der Waals surface area contributed by atoms with Gasteiger partial charge in [-0.3, -0.25) is 0 Å². The normalized spacial score (nSPS) is 15.6. The van der Waals surface area contributed by atoms with Crippen LogP contribution in [0.2, 0.25) is 0 Å². The Morgan fingerprint density at radius 2 is 2.03 bits per heavy atom. The van der Waals surface area contributed by atoms with E-state index in [-0.39, 0.29) is 12.2 Å². The number of thiophene rings is 1. The van der Waals surface area contributed by atoms with Gasteiger partial charge < -0.3 is 19.9 Å². The Morgan fingerprint density at radius 1 is 1.22 bits per heavy atom. The van der Waals surface area contributed by atoms with Crippen LogP contribution in [0.15, 0.2) is 5.16 Å². The fraction of sp³-hybridized carbons (Fsp3) is 0.609. The molecule has 0 bridgehead atoms. The van der Waals surface area contributed by atoms with Gasteiger partial charge in [0.2, 0.25) is 0 Å². The Morgan fingerprint density at radius 3 is 2.75 bits per heavy atom. The molecular formula is C23H32N4O3S2. The largest absolute Gasteiger partial charge is 0.394 e.